The van der Waals surface area contributed by atoms with Crippen LogP contribution in [-0.4, -0.2) is 62.0 Å². The van der Waals surface area contributed by atoms with Crippen LogP contribution in [0, 0.1) is 19.8 Å². The topological polar surface area (TPSA) is 87.7 Å². The highest BCUT2D eigenvalue weighted by Crippen LogP contribution is 2.23. The fourth-order valence-corrected chi connectivity index (χ4v) is 4.30. The van der Waals surface area contributed by atoms with Crippen molar-refractivity contribution >= 4 is 17.7 Å². The highest BCUT2D eigenvalue weighted by atomic mass is 16.5. The molecule has 1 fully saturated rings. The first-order chi connectivity index (χ1) is 16.4. The smallest absolute Gasteiger partial charge is 0.253 e. The molecule has 0 aliphatic carbocycles. The van der Waals surface area contributed by atoms with Gasteiger partial charge < -0.3 is 20.3 Å². The minimum absolute atomic E-state index is 0.00274. The largest absolute Gasteiger partial charge is 0.385 e. The number of piperidine rings is 1. The predicted octanol–water partition coefficient (Wildman–Crippen LogP) is 3.11. The Morgan fingerprint density at radius 2 is 1.71 bits per heavy atom. The fourth-order valence-electron chi connectivity index (χ4n) is 4.30. The first-order valence-corrected chi connectivity index (χ1v) is 11.9. The molecule has 0 bridgehead atoms. The molecule has 2 aromatic rings. The van der Waals surface area contributed by atoms with Crippen molar-refractivity contribution < 1.29 is 19.1 Å². The van der Waals surface area contributed by atoms with E-state index in [2.05, 4.69) is 10.6 Å². The van der Waals surface area contributed by atoms with E-state index in [0.29, 0.717) is 56.6 Å². The van der Waals surface area contributed by atoms with Crippen molar-refractivity contribution in [2.75, 3.05) is 33.4 Å². The van der Waals surface area contributed by atoms with E-state index in [9.17, 15) is 14.4 Å². The minimum atomic E-state index is -0.661. The SMILES string of the molecule is COCCCNC(=O)[C@@H](NC(=O)c1ccccc1C)C1CCN(C(=O)c2ccc(C)cc2)CC1. The predicted molar refractivity (Wildman–Crippen MR) is 132 cm³/mol. The van der Waals surface area contributed by atoms with E-state index in [1.165, 1.54) is 0 Å². The molecular formula is C27H35N3O4. The van der Waals surface area contributed by atoms with Crippen molar-refractivity contribution in [3.8, 4) is 0 Å². The molecule has 1 saturated heterocycles. The highest BCUT2D eigenvalue weighted by Gasteiger charge is 2.34. The standard InChI is InChI=1S/C27H35N3O4/c1-19-9-11-22(12-10-19)27(33)30-16-13-21(14-17-30)24(26(32)28-15-6-18-34-3)29-25(31)23-8-5-4-7-20(23)2/h4-5,7-12,21,24H,6,13-18H2,1-3H3,(H,28,32)(H,29,31)/t24-/m0/s1. The normalized spacial score (nSPS) is 15.0. The molecule has 1 aliphatic rings. The number of ether oxygens (including phenoxy) is 1. The second-order valence-electron chi connectivity index (χ2n) is 8.90. The first-order valence-electron chi connectivity index (χ1n) is 11.9. The number of likely N-dealkylation sites (tertiary alicyclic amines) is 1. The second-order valence-corrected chi connectivity index (χ2v) is 8.90. The van der Waals surface area contributed by atoms with Gasteiger partial charge in [-0.1, -0.05) is 35.9 Å². The van der Waals surface area contributed by atoms with Crippen molar-refractivity contribution in [2.24, 2.45) is 5.92 Å². The molecule has 0 spiro atoms. The Hall–Kier alpha value is -3.19. The molecule has 3 amide bonds. The number of carbonyl (C=O) groups is 3. The molecule has 7 nitrogen and oxygen atoms in total. The Kier molecular flexibility index (Phi) is 9.22. The zero-order valence-electron chi connectivity index (χ0n) is 20.3. The van der Waals surface area contributed by atoms with Gasteiger partial charge in [0.2, 0.25) is 5.91 Å². The third kappa shape index (κ3) is 6.67. The Morgan fingerprint density at radius 3 is 2.35 bits per heavy atom. The molecule has 0 saturated carbocycles. The Labute approximate surface area is 201 Å². The quantitative estimate of drug-likeness (QED) is 0.557. The molecule has 1 heterocycles. The van der Waals surface area contributed by atoms with E-state index >= 15 is 0 Å². The van der Waals surface area contributed by atoms with Crippen LogP contribution in [0.25, 0.3) is 0 Å². The summed E-state index contributed by atoms with van der Waals surface area (Å²) < 4.78 is 5.05. The lowest BCUT2D eigenvalue weighted by atomic mass is 9.88. The van der Waals surface area contributed by atoms with Crippen LogP contribution < -0.4 is 10.6 Å². The van der Waals surface area contributed by atoms with Gasteiger partial charge in [0.1, 0.15) is 6.04 Å². The molecule has 1 atom stereocenters. The van der Waals surface area contributed by atoms with E-state index in [1.54, 1.807) is 13.2 Å². The van der Waals surface area contributed by atoms with Crippen LogP contribution in [0.4, 0.5) is 0 Å². The summed E-state index contributed by atoms with van der Waals surface area (Å²) in [4.78, 5) is 40.8. The number of nitrogens with one attached hydrogen (secondary N) is 2. The summed E-state index contributed by atoms with van der Waals surface area (Å²) in [6, 6.07) is 14.3. The zero-order valence-corrected chi connectivity index (χ0v) is 20.3. The van der Waals surface area contributed by atoms with E-state index < -0.39 is 6.04 Å². The van der Waals surface area contributed by atoms with Crippen LogP contribution in [0.3, 0.4) is 0 Å². The van der Waals surface area contributed by atoms with Crippen molar-refractivity contribution in [1.82, 2.24) is 15.5 Å². The Balaban J connectivity index is 1.67. The van der Waals surface area contributed by atoms with Crippen LogP contribution in [0.1, 0.15) is 51.1 Å². The Morgan fingerprint density at radius 1 is 1.03 bits per heavy atom. The number of hydrogen-bond acceptors (Lipinski definition) is 4. The van der Waals surface area contributed by atoms with Crippen LogP contribution >= 0.6 is 0 Å². The van der Waals surface area contributed by atoms with Crippen LogP contribution in [0.2, 0.25) is 0 Å². The summed E-state index contributed by atoms with van der Waals surface area (Å²) in [5, 5.41) is 5.92. The van der Waals surface area contributed by atoms with E-state index in [1.807, 2.05) is 61.2 Å². The van der Waals surface area contributed by atoms with Crippen molar-refractivity contribution in [3.63, 3.8) is 0 Å². The van der Waals surface area contributed by atoms with Gasteiger partial charge in [0.25, 0.3) is 11.8 Å². The number of nitrogens with zero attached hydrogens (tertiary/aromatic N) is 1. The number of carbonyl (C=O) groups excluding carboxylic acids is 3. The molecule has 0 unspecified atom stereocenters. The average molecular weight is 466 g/mol. The summed E-state index contributed by atoms with van der Waals surface area (Å²) in [7, 11) is 1.62. The highest BCUT2D eigenvalue weighted by molar-refractivity contribution is 5.98. The summed E-state index contributed by atoms with van der Waals surface area (Å²) in [5.74, 6) is -0.505. The van der Waals surface area contributed by atoms with Crippen LogP contribution in [-0.2, 0) is 9.53 Å². The second kappa shape index (κ2) is 12.3. The minimum Gasteiger partial charge on any atom is -0.385 e. The number of aryl methyl sites for hydroxylation is 2. The van der Waals surface area contributed by atoms with Crippen LogP contribution in [0.15, 0.2) is 48.5 Å². The number of rotatable bonds is 9. The summed E-state index contributed by atoms with van der Waals surface area (Å²) in [5.41, 5.74) is 3.20. The van der Waals surface area contributed by atoms with Gasteiger partial charge in [-0.2, -0.15) is 0 Å². The molecule has 7 heteroatoms. The number of methoxy groups -OCH3 is 1. The Bertz CT molecular complexity index is 982. The average Bonchev–Trinajstić information content (AvgIpc) is 2.85. The van der Waals surface area contributed by atoms with E-state index in [-0.39, 0.29) is 23.6 Å². The van der Waals surface area contributed by atoms with Gasteiger partial charge in [0.15, 0.2) is 0 Å². The van der Waals surface area contributed by atoms with Crippen molar-refractivity contribution in [1.29, 1.82) is 0 Å². The van der Waals surface area contributed by atoms with Gasteiger partial charge in [0, 0.05) is 44.5 Å². The maximum absolute atomic E-state index is 13.1. The van der Waals surface area contributed by atoms with Gasteiger partial charge in [-0.25, -0.2) is 0 Å². The summed E-state index contributed by atoms with van der Waals surface area (Å²) in [6.45, 7) is 6.00. The molecule has 2 aromatic carbocycles. The third-order valence-electron chi connectivity index (χ3n) is 6.38. The molecule has 1 aliphatic heterocycles. The molecule has 3 rings (SSSR count). The molecule has 0 radical (unpaired) electrons. The molecular weight excluding hydrogens is 430 g/mol. The fraction of sp³-hybridized carbons (Fsp3) is 0.444. The van der Waals surface area contributed by atoms with E-state index in [0.717, 1.165) is 11.1 Å². The monoisotopic (exact) mass is 465 g/mol. The molecule has 182 valence electrons. The third-order valence-corrected chi connectivity index (χ3v) is 6.38. The number of hydrogen-bond donors (Lipinski definition) is 2. The lowest BCUT2D eigenvalue weighted by Gasteiger charge is -2.36. The van der Waals surface area contributed by atoms with Gasteiger partial charge in [-0.15, -0.1) is 0 Å². The molecule has 0 aromatic heterocycles. The van der Waals surface area contributed by atoms with E-state index in [4.69, 9.17) is 4.74 Å². The first kappa shape index (κ1) is 25.4. The van der Waals surface area contributed by atoms with Crippen molar-refractivity contribution in [3.05, 3.63) is 70.8 Å². The van der Waals surface area contributed by atoms with Crippen LogP contribution in [0.5, 0.6) is 0 Å². The molecule has 34 heavy (non-hydrogen) atoms. The lowest BCUT2D eigenvalue weighted by molar-refractivity contribution is -0.124. The number of benzene rings is 2. The maximum atomic E-state index is 13.1. The van der Waals surface area contributed by atoms with Gasteiger partial charge in [-0.05, 0) is 62.8 Å². The van der Waals surface area contributed by atoms with Gasteiger partial charge in [0.05, 0.1) is 0 Å². The lowest BCUT2D eigenvalue weighted by Crippen LogP contribution is -2.54. The van der Waals surface area contributed by atoms with Crippen molar-refractivity contribution in [2.45, 2.75) is 39.2 Å². The number of amides is 3. The maximum Gasteiger partial charge on any atom is 0.253 e. The zero-order chi connectivity index (χ0) is 24.5. The summed E-state index contributed by atoms with van der Waals surface area (Å²) >= 11 is 0. The molecule has 2 N–H and O–H groups in total. The van der Waals surface area contributed by atoms with Gasteiger partial charge >= 0.3 is 0 Å². The van der Waals surface area contributed by atoms with Gasteiger partial charge in [-0.3, -0.25) is 14.4 Å². The summed E-state index contributed by atoms with van der Waals surface area (Å²) in [6.07, 6.45) is 1.98.